The summed E-state index contributed by atoms with van der Waals surface area (Å²) in [6.45, 7) is 5.10. The Morgan fingerprint density at radius 1 is 1.15 bits per heavy atom. The molecule has 3 aromatic rings. The predicted molar refractivity (Wildman–Crippen MR) is 106 cm³/mol. The zero-order valence-electron chi connectivity index (χ0n) is 16.0. The fourth-order valence-electron chi connectivity index (χ4n) is 2.90. The molecule has 0 spiro atoms. The largest absolute Gasteiger partial charge is 0.492 e. The Hall–Kier alpha value is -2.82. The lowest BCUT2D eigenvalue weighted by Gasteiger charge is -2.08. The van der Waals surface area contributed by atoms with Crippen molar-refractivity contribution in [1.29, 1.82) is 0 Å². The minimum absolute atomic E-state index is 0.0321. The van der Waals surface area contributed by atoms with E-state index in [2.05, 4.69) is 29.4 Å². The van der Waals surface area contributed by atoms with Crippen LogP contribution in [0.4, 0.5) is 0 Å². The van der Waals surface area contributed by atoms with Crippen molar-refractivity contribution in [1.82, 2.24) is 10.3 Å². The standard InChI is InChI=1S/C22H26N2O3/c1-3-4-17-6-8-18(9-7-17)26-14-13-23-21(25)11-12-22-24-19-15-16(2)5-10-20(19)27-22/h5-10,15H,3-4,11-14H2,1-2H3,(H,23,25). The van der Waals surface area contributed by atoms with Crippen LogP contribution >= 0.6 is 0 Å². The minimum atomic E-state index is -0.0321. The van der Waals surface area contributed by atoms with Crippen molar-refractivity contribution >= 4 is 17.0 Å². The first-order chi connectivity index (χ1) is 13.1. The molecule has 2 aromatic carbocycles. The lowest BCUT2D eigenvalue weighted by Crippen LogP contribution is -2.28. The third-order valence-corrected chi connectivity index (χ3v) is 4.31. The fraction of sp³-hybridized carbons (Fsp3) is 0.364. The van der Waals surface area contributed by atoms with Crippen molar-refractivity contribution in [3.8, 4) is 5.75 Å². The van der Waals surface area contributed by atoms with E-state index < -0.39 is 0 Å². The number of ether oxygens (including phenoxy) is 1. The second-order valence-electron chi connectivity index (χ2n) is 6.67. The first-order valence-electron chi connectivity index (χ1n) is 9.48. The maximum atomic E-state index is 12.0. The molecule has 0 fully saturated rings. The Balaban J connectivity index is 1.36. The van der Waals surface area contributed by atoms with Crippen molar-refractivity contribution in [2.24, 2.45) is 0 Å². The number of nitrogens with one attached hydrogen (secondary N) is 1. The first kappa shape index (κ1) is 19.0. The first-order valence-corrected chi connectivity index (χ1v) is 9.48. The molecule has 0 aliphatic heterocycles. The molecule has 0 radical (unpaired) electrons. The minimum Gasteiger partial charge on any atom is -0.492 e. The van der Waals surface area contributed by atoms with Gasteiger partial charge in [0.05, 0.1) is 6.54 Å². The second-order valence-corrected chi connectivity index (χ2v) is 6.67. The van der Waals surface area contributed by atoms with Crippen LogP contribution in [0, 0.1) is 6.92 Å². The molecule has 142 valence electrons. The third kappa shape index (κ3) is 5.58. The summed E-state index contributed by atoms with van der Waals surface area (Å²) in [6, 6.07) is 14.0. The molecule has 3 rings (SSSR count). The molecule has 5 nitrogen and oxygen atoms in total. The molecule has 0 aliphatic carbocycles. The zero-order chi connectivity index (χ0) is 19.1. The van der Waals surface area contributed by atoms with E-state index in [4.69, 9.17) is 9.15 Å². The smallest absolute Gasteiger partial charge is 0.220 e. The molecule has 0 atom stereocenters. The van der Waals surface area contributed by atoms with Crippen molar-refractivity contribution in [2.75, 3.05) is 13.2 Å². The van der Waals surface area contributed by atoms with Gasteiger partial charge in [-0.3, -0.25) is 4.79 Å². The van der Waals surface area contributed by atoms with Crippen LogP contribution in [0.1, 0.15) is 36.8 Å². The highest BCUT2D eigenvalue weighted by Crippen LogP contribution is 2.17. The average molecular weight is 366 g/mol. The van der Waals surface area contributed by atoms with Gasteiger partial charge in [-0.1, -0.05) is 31.5 Å². The van der Waals surface area contributed by atoms with E-state index in [1.165, 1.54) is 5.56 Å². The second kappa shape index (κ2) is 9.21. The number of hydrogen-bond acceptors (Lipinski definition) is 4. The number of carbonyl (C=O) groups is 1. The van der Waals surface area contributed by atoms with Gasteiger partial charge in [0.2, 0.25) is 5.91 Å². The van der Waals surface area contributed by atoms with Gasteiger partial charge < -0.3 is 14.5 Å². The summed E-state index contributed by atoms with van der Waals surface area (Å²) in [5.41, 5.74) is 4.05. The molecule has 27 heavy (non-hydrogen) atoms. The Kier molecular flexibility index (Phi) is 6.47. The monoisotopic (exact) mass is 366 g/mol. The summed E-state index contributed by atoms with van der Waals surface area (Å²) in [5, 5.41) is 2.86. The topological polar surface area (TPSA) is 64.4 Å². The molecule has 1 heterocycles. The number of aromatic nitrogens is 1. The van der Waals surface area contributed by atoms with E-state index in [1.807, 2.05) is 37.3 Å². The summed E-state index contributed by atoms with van der Waals surface area (Å²) >= 11 is 0. The highest BCUT2D eigenvalue weighted by atomic mass is 16.5. The number of hydrogen-bond donors (Lipinski definition) is 1. The van der Waals surface area contributed by atoms with Crippen LogP contribution in [0.2, 0.25) is 0 Å². The summed E-state index contributed by atoms with van der Waals surface area (Å²) in [7, 11) is 0. The molecule has 1 aromatic heterocycles. The maximum absolute atomic E-state index is 12.0. The third-order valence-electron chi connectivity index (χ3n) is 4.31. The van der Waals surface area contributed by atoms with Gasteiger partial charge in [0.1, 0.15) is 17.9 Å². The zero-order valence-corrected chi connectivity index (χ0v) is 16.0. The normalized spacial score (nSPS) is 10.9. The number of nitrogens with zero attached hydrogens (tertiary/aromatic N) is 1. The number of carbonyl (C=O) groups excluding carboxylic acids is 1. The van der Waals surface area contributed by atoms with E-state index in [-0.39, 0.29) is 5.91 Å². The van der Waals surface area contributed by atoms with Crippen LogP contribution < -0.4 is 10.1 Å². The number of aryl methyl sites for hydroxylation is 3. The molecule has 0 unspecified atom stereocenters. The highest BCUT2D eigenvalue weighted by Gasteiger charge is 2.08. The lowest BCUT2D eigenvalue weighted by molar-refractivity contribution is -0.121. The van der Waals surface area contributed by atoms with Gasteiger partial charge in [-0.25, -0.2) is 4.98 Å². The Morgan fingerprint density at radius 2 is 1.96 bits per heavy atom. The number of amides is 1. The van der Waals surface area contributed by atoms with Gasteiger partial charge >= 0.3 is 0 Å². The summed E-state index contributed by atoms with van der Waals surface area (Å²) in [4.78, 5) is 16.4. The maximum Gasteiger partial charge on any atom is 0.220 e. The molecule has 0 saturated heterocycles. The molecule has 1 amide bonds. The van der Waals surface area contributed by atoms with Crippen molar-refractivity contribution in [3.05, 3.63) is 59.5 Å². The van der Waals surface area contributed by atoms with E-state index >= 15 is 0 Å². The van der Waals surface area contributed by atoms with Crippen LogP contribution in [-0.2, 0) is 17.6 Å². The Labute approximate surface area is 159 Å². The molecule has 5 heteroatoms. The van der Waals surface area contributed by atoms with Crippen molar-refractivity contribution < 1.29 is 13.9 Å². The number of rotatable bonds is 9. The predicted octanol–water partition coefficient (Wildman–Crippen LogP) is 4.22. The van der Waals surface area contributed by atoms with Gasteiger partial charge in [-0.15, -0.1) is 0 Å². The number of oxazole rings is 1. The molecular formula is C22H26N2O3. The van der Waals surface area contributed by atoms with Crippen molar-refractivity contribution in [2.45, 2.75) is 39.5 Å². The van der Waals surface area contributed by atoms with E-state index in [1.54, 1.807) is 0 Å². The van der Waals surface area contributed by atoms with Gasteiger partial charge in [0, 0.05) is 12.8 Å². The van der Waals surface area contributed by atoms with E-state index in [9.17, 15) is 4.79 Å². The SMILES string of the molecule is CCCc1ccc(OCCNC(=O)CCc2nc3cc(C)ccc3o2)cc1. The van der Waals surface area contributed by atoms with Gasteiger partial charge in [0.15, 0.2) is 11.5 Å². The van der Waals surface area contributed by atoms with Gasteiger partial charge in [0.25, 0.3) is 0 Å². The van der Waals surface area contributed by atoms with Crippen LogP contribution in [0.5, 0.6) is 5.75 Å². The summed E-state index contributed by atoms with van der Waals surface area (Å²) < 4.78 is 11.3. The molecule has 0 saturated carbocycles. The quantitative estimate of drug-likeness (QED) is 0.576. The summed E-state index contributed by atoms with van der Waals surface area (Å²) in [6.07, 6.45) is 3.04. The van der Waals surface area contributed by atoms with Crippen LogP contribution in [0.15, 0.2) is 46.9 Å². The van der Waals surface area contributed by atoms with Crippen LogP contribution in [-0.4, -0.2) is 24.0 Å². The van der Waals surface area contributed by atoms with Crippen LogP contribution in [0.25, 0.3) is 11.1 Å². The van der Waals surface area contributed by atoms with Gasteiger partial charge in [-0.05, 0) is 48.7 Å². The number of fused-ring (bicyclic) bond motifs is 1. The highest BCUT2D eigenvalue weighted by molar-refractivity contribution is 5.76. The Morgan fingerprint density at radius 3 is 2.74 bits per heavy atom. The van der Waals surface area contributed by atoms with E-state index in [0.29, 0.717) is 31.9 Å². The molecular weight excluding hydrogens is 340 g/mol. The Bertz CT molecular complexity index is 884. The van der Waals surface area contributed by atoms with Crippen molar-refractivity contribution in [3.63, 3.8) is 0 Å². The average Bonchev–Trinajstić information content (AvgIpc) is 3.07. The number of benzene rings is 2. The molecule has 0 bridgehead atoms. The van der Waals surface area contributed by atoms with Crippen LogP contribution in [0.3, 0.4) is 0 Å². The summed E-state index contributed by atoms with van der Waals surface area (Å²) in [5.74, 6) is 1.38. The molecule has 0 aliphatic rings. The van der Waals surface area contributed by atoms with Gasteiger partial charge in [-0.2, -0.15) is 0 Å². The van der Waals surface area contributed by atoms with E-state index in [0.717, 1.165) is 35.3 Å². The fourth-order valence-corrected chi connectivity index (χ4v) is 2.90. The molecule has 1 N–H and O–H groups in total. The lowest BCUT2D eigenvalue weighted by atomic mass is 10.1.